The van der Waals surface area contributed by atoms with Gasteiger partial charge >= 0.3 is 0 Å². The molecule has 0 fully saturated rings. The zero-order valence-corrected chi connectivity index (χ0v) is 11.7. The molecule has 110 valence electrons. The van der Waals surface area contributed by atoms with E-state index in [1.165, 1.54) is 13.2 Å². The van der Waals surface area contributed by atoms with Crippen LogP contribution in [0.4, 0.5) is 10.3 Å². The monoisotopic (exact) mass is 290 g/mol. The Bertz CT molecular complexity index is 793. The second kappa shape index (κ2) is 5.04. The van der Waals surface area contributed by atoms with Crippen LogP contribution in [0.3, 0.4) is 0 Å². The number of fused-ring (bicyclic) bond motifs is 1. The van der Waals surface area contributed by atoms with E-state index in [4.69, 9.17) is 10.5 Å². The normalized spacial score (nSPS) is 11.2. The van der Waals surface area contributed by atoms with Crippen molar-refractivity contribution in [1.82, 2.24) is 24.3 Å². The molecule has 0 bridgehead atoms. The molecule has 0 saturated heterocycles. The molecule has 1 aromatic carbocycles. The number of nitrogens with zero attached hydrogens (tertiary/aromatic N) is 5. The van der Waals surface area contributed by atoms with Gasteiger partial charge in [0.25, 0.3) is 0 Å². The van der Waals surface area contributed by atoms with Gasteiger partial charge in [-0.2, -0.15) is 5.10 Å². The maximum atomic E-state index is 13.7. The lowest BCUT2D eigenvalue weighted by atomic mass is 10.2. The molecule has 7 nitrogen and oxygen atoms in total. The van der Waals surface area contributed by atoms with Crippen molar-refractivity contribution >= 4 is 17.0 Å². The Balaban J connectivity index is 1.95. The molecule has 3 aromatic rings. The van der Waals surface area contributed by atoms with Crippen LogP contribution in [0.2, 0.25) is 0 Å². The third-order valence-corrected chi connectivity index (χ3v) is 3.26. The number of aryl methyl sites for hydroxylation is 3. The number of benzene rings is 1. The first kappa shape index (κ1) is 13.3. The highest BCUT2D eigenvalue weighted by molar-refractivity contribution is 5.80. The zero-order valence-electron chi connectivity index (χ0n) is 11.7. The van der Waals surface area contributed by atoms with Crippen molar-refractivity contribution in [1.29, 1.82) is 0 Å². The van der Waals surface area contributed by atoms with Gasteiger partial charge in [-0.3, -0.25) is 4.68 Å². The van der Waals surface area contributed by atoms with E-state index in [0.29, 0.717) is 30.3 Å². The molecular weight excluding hydrogens is 275 g/mol. The van der Waals surface area contributed by atoms with E-state index in [2.05, 4.69) is 15.1 Å². The van der Waals surface area contributed by atoms with Gasteiger partial charge < -0.3 is 15.0 Å². The first-order valence-corrected chi connectivity index (χ1v) is 6.42. The Hall–Kier alpha value is -2.64. The van der Waals surface area contributed by atoms with Crippen LogP contribution in [0.25, 0.3) is 11.0 Å². The Kier molecular flexibility index (Phi) is 3.20. The molecule has 3 rings (SSSR count). The van der Waals surface area contributed by atoms with Crippen molar-refractivity contribution < 1.29 is 9.13 Å². The molecule has 8 heteroatoms. The Morgan fingerprint density at radius 2 is 2.19 bits per heavy atom. The number of methoxy groups -OCH3 is 1. The zero-order chi connectivity index (χ0) is 15.0. The highest BCUT2D eigenvalue weighted by atomic mass is 19.1. The molecule has 2 N–H and O–H groups in total. The van der Waals surface area contributed by atoms with Crippen molar-refractivity contribution in [3.8, 4) is 5.75 Å². The van der Waals surface area contributed by atoms with Gasteiger partial charge in [-0.05, 0) is 0 Å². The summed E-state index contributed by atoms with van der Waals surface area (Å²) in [5.74, 6) is 0.752. The second-order valence-corrected chi connectivity index (χ2v) is 4.68. The molecular formula is C13H15FN6O. The lowest BCUT2D eigenvalue weighted by Gasteiger charge is -2.06. The van der Waals surface area contributed by atoms with Crippen molar-refractivity contribution in [3.05, 3.63) is 30.1 Å². The molecule has 0 amide bonds. The molecule has 0 aliphatic carbocycles. The molecule has 0 aliphatic heterocycles. The van der Waals surface area contributed by atoms with Crippen LogP contribution >= 0.6 is 0 Å². The number of halogens is 1. The first-order valence-electron chi connectivity index (χ1n) is 6.42. The predicted octanol–water partition coefficient (Wildman–Crippen LogP) is 1.14. The molecule has 2 heterocycles. The van der Waals surface area contributed by atoms with Gasteiger partial charge in [0, 0.05) is 32.1 Å². The lowest BCUT2D eigenvalue weighted by Crippen LogP contribution is -2.07. The highest BCUT2D eigenvalue weighted by Gasteiger charge is 2.13. The minimum Gasteiger partial charge on any atom is -0.494 e. The van der Waals surface area contributed by atoms with Gasteiger partial charge in [0.15, 0.2) is 17.4 Å². The summed E-state index contributed by atoms with van der Waals surface area (Å²) in [5, 5.41) is 4.21. The Labute approximate surface area is 120 Å². The van der Waals surface area contributed by atoms with E-state index >= 15 is 0 Å². The van der Waals surface area contributed by atoms with Crippen LogP contribution in [-0.2, 0) is 20.0 Å². The molecule has 21 heavy (non-hydrogen) atoms. The maximum Gasteiger partial charge on any atom is 0.201 e. The van der Waals surface area contributed by atoms with E-state index in [9.17, 15) is 4.39 Å². The largest absolute Gasteiger partial charge is 0.494 e. The summed E-state index contributed by atoms with van der Waals surface area (Å²) >= 11 is 0. The Morgan fingerprint density at radius 1 is 1.38 bits per heavy atom. The SMILES string of the molecule is COc1cc2c(cc1F)nc(N)n2CCc1ncn(C)n1. The number of aromatic nitrogens is 5. The fourth-order valence-electron chi connectivity index (χ4n) is 2.25. The summed E-state index contributed by atoms with van der Waals surface area (Å²) in [6, 6.07) is 2.92. The third-order valence-electron chi connectivity index (χ3n) is 3.26. The van der Waals surface area contributed by atoms with Gasteiger partial charge in [0.05, 0.1) is 18.1 Å². The quantitative estimate of drug-likeness (QED) is 0.779. The standard InChI is InChI=1S/C13H15FN6O/c1-19-7-16-12(18-19)3-4-20-10-6-11(21-2)8(14)5-9(10)17-13(20)15/h5-7H,3-4H2,1-2H3,(H2,15,17). The van der Waals surface area contributed by atoms with Crippen molar-refractivity contribution in [3.63, 3.8) is 0 Å². The summed E-state index contributed by atoms with van der Waals surface area (Å²) in [6.07, 6.45) is 2.25. The summed E-state index contributed by atoms with van der Waals surface area (Å²) < 4.78 is 22.1. The second-order valence-electron chi connectivity index (χ2n) is 4.68. The van der Waals surface area contributed by atoms with Crippen LogP contribution in [0.5, 0.6) is 5.75 Å². The van der Waals surface area contributed by atoms with Gasteiger partial charge in [-0.25, -0.2) is 14.4 Å². The van der Waals surface area contributed by atoms with Crippen LogP contribution < -0.4 is 10.5 Å². The fourth-order valence-corrected chi connectivity index (χ4v) is 2.25. The van der Waals surface area contributed by atoms with Gasteiger partial charge in [0.2, 0.25) is 5.95 Å². The highest BCUT2D eigenvalue weighted by Crippen LogP contribution is 2.26. The fraction of sp³-hybridized carbons (Fsp3) is 0.308. The van der Waals surface area contributed by atoms with Crippen LogP contribution in [0, 0.1) is 5.82 Å². The summed E-state index contributed by atoms with van der Waals surface area (Å²) in [4.78, 5) is 8.33. The first-order chi connectivity index (χ1) is 10.1. The topological polar surface area (TPSA) is 83.8 Å². The number of nitrogen functional groups attached to an aromatic ring is 1. The van der Waals surface area contributed by atoms with Crippen LogP contribution in [0.1, 0.15) is 5.82 Å². The molecule has 2 aromatic heterocycles. The number of hydrogen-bond donors (Lipinski definition) is 1. The average molecular weight is 290 g/mol. The lowest BCUT2D eigenvalue weighted by molar-refractivity contribution is 0.387. The Morgan fingerprint density at radius 3 is 2.86 bits per heavy atom. The molecule has 0 atom stereocenters. The van der Waals surface area contributed by atoms with Crippen molar-refractivity contribution in [2.45, 2.75) is 13.0 Å². The van der Waals surface area contributed by atoms with E-state index in [1.54, 1.807) is 21.6 Å². The van der Waals surface area contributed by atoms with E-state index < -0.39 is 5.82 Å². The van der Waals surface area contributed by atoms with E-state index in [1.807, 2.05) is 7.05 Å². The molecule has 0 radical (unpaired) electrons. The van der Waals surface area contributed by atoms with E-state index in [-0.39, 0.29) is 5.75 Å². The predicted molar refractivity (Wildman–Crippen MR) is 75.4 cm³/mol. The minimum absolute atomic E-state index is 0.166. The van der Waals surface area contributed by atoms with Crippen LogP contribution in [0.15, 0.2) is 18.5 Å². The van der Waals surface area contributed by atoms with Gasteiger partial charge in [-0.1, -0.05) is 0 Å². The smallest absolute Gasteiger partial charge is 0.201 e. The third kappa shape index (κ3) is 2.39. The number of nitrogens with two attached hydrogens (primary N) is 1. The molecule has 0 saturated carbocycles. The average Bonchev–Trinajstić information content (AvgIpc) is 2.98. The van der Waals surface area contributed by atoms with Gasteiger partial charge in [-0.15, -0.1) is 0 Å². The summed E-state index contributed by atoms with van der Waals surface area (Å²) in [7, 11) is 3.23. The molecule has 0 spiro atoms. The minimum atomic E-state index is -0.457. The van der Waals surface area contributed by atoms with E-state index in [0.717, 1.165) is 5.52 Å². The van der Waals surface area contributed by atoms with Crippen LogP contribution in [-0.4, -0.2) is 31.4 Å². The molecule has 0 unspecified atom stereocenters. The van der Waals surface area contributed by atoms with Gasteiger partial charge in [0.1, 0.15) is 6.33 Å². The number of rotatable bonds is 4. The van der Waals surface area contributed by atoms with Crippen molar-refractivity contribution in [2.24, 2.45) is 7.05 Å². The summed E-state index contributed by atoms with van der Waals surface area (Å²) in [5.41, 5.74) is 7.13. The molecule has 0 aliphatic rings. The van der Waals surface area contributed by atoms with Crippen molar-refractivity contribution in [2.75, 3.05) is 12.8 Å². The number of imidazole rings is 1. The summed E-state index contributed by atoms with van der Waals surface area (Å²) in [6.45, 7) is 0.557. The number of ether oxygens (including phenoxy) is 1. The number of hydrogen-bond acceptors (Lipinski definition) is 5. The maximum absolute atomic E-state index is 13.7. The number of anilines is 1.